The van der Waals surface area contributed by atoms with Crippen LogP contribution in [0.4, 0.5) is 0 Å². The van der Waals surface area contributed by atoms with Crippen molar-refractivity contribution in [1.82, 2.24) is 5.32 Å². The van der Waals surface area contributed by atoms with Crippen molar-refractivity contribution in [2.75, 3.05) is 13.2 Å². The third-order valence-corrected chi connectivity index (χ3v) is 3.55. The summed E-state index contributed by atoms with van der Waals surface area (Å²) in [6.07, 6.45) is 1.89. The highest BCUT2D eigenvalue weighted by molar-refractivity contribution is 6.30. The molecule has 0 aliphatic carbocycles. The van der Waals surface area contributed by atoms with Gasteiger partial charge in [-0.15, -0.1) is 0 Å². The van der Waals surface area contributed by atoms with Crippen LogP contribution in [0.15, 0.2) is 24.3 Å². The maximum absolute atomic E-state index is 11.8. The van der Waals surface area contributed by atoms with E-state index >= 15 is 0 Å². The number of rotatable bonds is 4. The van der Waals surface area contributed by atoms with E-state index in [4.69, 9.17) is 16.3 Å². The summed E-state index contributed by atoms with van der Waals surface area (Å²) in [4.78, 5) is 11.8. The van der Waals surface area contributed by atoms with Crippen LogP contribution in [0.25, 0.3) is 0 Å². The van der Waals surface area contributed by atoms with Crippen molar-refractivity contribution in [3.8, 4) is 0 Å². The molecule has 2 rings (SSSR count). The van der Waals surface area contributed by atoms with Gasteiger partial charge in [-0.3, -0.25) is 4.79 Å². The van der Waals surface area contributed by atoms with Crippen molar-refractivity contribution in [3.63, 3.8) is 0 Å². The van der Waals surface area contributed by atoms with E-state index in [1.54, 1.807) is 0 Å². The van der Waals surface area contributed by atoms with Gasteiger partial charge in [-0.05, 0) is 49.9 Å². The normalized spacial score (nSPS) is 23.0. The molecular weight excluding hydrogens is 250 g/mol. The van der Waals surface area contributed by atoms with E-state index in [-0.39, 0.29) is 12.0 Å². The molecule has 0 spiro atoms. The van der Waals surface area contributed by atoms with Gasteiger partial charge >= 0.3 is 5.97 Å². The van der Waals surface area contributed by atoms with Crippen molar-refractivity contribution in [1.29, 1.82) is 0 Å². The molecule has 1 N–H and O–H groups in total. The molecule has 1 saturated heterocycles. The first kappa shape index (κ1) is 13.4. The summed E-state index contributed by atoms with van der Waals surface area (Å²) >= 11 is 5.86. The molecular formula is C14H18ClNO2. The van der Waals surface area contributed by atoms with Gasteiger partial charge in [0.25, 0.3) is 0 Å². The molecule has 0 radical (unpaired) electrons. The van der Waals surface area contributed by atoms with E-state index in [9.17, 15) is 4.79 Å². The molecule has 1 aliphatic rings. The van der Waals surface area contributed by atoms with E-state index < -0.39 is 0 Å². The summed E-state index contributed by atoms with van der Waals surface area (Å²) in [5, 5.41) is 3.96. The average molecular weight is 268 g/mol. The number of carbonyl (C=O) groups excluding carboxylic acids is 1. The Labute approximate surface area is 112 Å². The standard InChI is InChI=1S/C14H18ClNO2/c1-2-18-14(17)13-11(7-8-16-13)9-10-3-5-12(15)6-4-10/h3-6,11,13,16H,2,7-9H2,1H3/t11-,13-/m1/s1. The number of benzene rings is 1. The molecule has 2 atom stereocenters. The highest BCUT2D eigenvalue weighted by atomic mass is 35.5. The van der Waals surface area contributed by atoms with Crippen LogP contribution >= 0.6 is 11.6 Å². The van der Waals surface area contributed by atoms with E-state index in [0.29, 0.717) is 12.5 Å². The van der Waals surface area contributed by atoms with Gasteiger partial charge < -0.3 is 10.1 Å². The molecule has 0 amide bonds. The summed E-state index contributed by atoms with van der Waals surface area (Å²) in [7, 11) is 0. The Balaban J connectivity index is 1.99. The van der Waals surface area contributed by atoms with Gasteiger partial charge in [0.1, 0.15) is 6.04 Å². The van der Waals surface area contributed by atoms with Crippen molar-refractivity contribution in [3.05, 3.63) is 34.9 Å². The molecule has 1 aliphatic heterocycles. The molecule has 1 fully saturated rings. The number of hydrogen-bond acceptors (Lipinski definition) is 3. The maximum Gasteiger partial charge on any atom is 0.323 e. The Kier molecular flexibility index (Phi) is 4.61. The lowest BCUT2D eigenvalue weighted by Gasteiger charge is -2.18. The number of halogens is 1. The van der Waals surface area contributed by atoms with Crippen LogP contribution < -0.4 is 5.32 Å². The van der Waals surface area contributed by atoms with E-state index in [0.717, 1.165) is 24.4 Å². The number of ether oxygens (including phenoxy) is 1. The Morgan fingerprint density at radius 1 is 1.44 bits per heavy atom. The fraction of sp³-hybridized carbons (Fsp3) is 0.500. The minimum atomic E-state index is -0.166. The predicted molar refractivity (Wildman–Crippen MR) is 71.7 cm³/mol. The van der Waals surface area contributed by atoms with E-state index in [1.807, 2.05) is 31.2 Å². The molecule has 1 heterocycles. The monoisotopic (exact) mass is 267 g/mol. The van der Waals surface area contributed by atoms with Crippen LogP contribution in [0.5, 0.6) is 0 Å². The van der Waals surface area contributed by atoms with Crippen LogP contribution in [0, 0.1) is 5.92 Å². The first-order chi connectivity index (χ1) is 8.70. The predicted octanol–water partition coefficient (Wildman–Crippen LogP) is 2.42. The smallest absolute Gasteiger partial charge is 0.323 e. The molecule has 0 unspecified atom stereocenters. The summed E-state index contributed by atoms with van der Waals surface area (Å²) in [6, 6.07) is 7.64. The lowest BCUT2D eigenvalue weighted by Crippen LogP contribution is -2.37. The zero-order valence-corrected chi connectivity index (χ0v) is 11.2. The van der Waals surface area contributed by atoms with Crippen LogP contribution in [0.3, 0.4) is 0 Å². The number of nitrogens with one attached hydrogen (secondary N) is 1. The first-order valence-electron chi connectivity index (χ1n) is 6.35. The first-order valence-corrected chi connectivity index (χ1v) is 6.73. The van der Waals surface area contributed by atoms with Gasteiger partial charge in [0, 0.05) is 5.02 Å². The highest BCUT2D eigenvalue weighted by Crippen LogP contribution is 2.22. The zero-order chi connectivity index (χ0) is 13.0. The summed E-state index contributed by atoms with van der Waals surface area (Å²) in [6.45, 7) is 3.15. The summed E-state index contributed by atoms with van der Waals surface area (Å²) in [5.41, 5.74) is 1.21. The second-order valence-corrected chi connectivity index (χ2v) is 5.00. The molecule has 4 heteroatoms. The van der Waals surface area contributed by atoms with Gasteiger partial charge in [0.15, 0.2) is 0 Å². The lowest BCUT2D eigenvalue weighted by molar-refractivity contribution is -0.146. The number of esters is 1. The van der Waals surface area contributed by atoms with Crippen molar-refractivity contribution < 1.29 is 9.53 Å². The van der Waals surface area contributed by atoms with Gasteiger partial charge in [0.05, 0.1) is 6.61 Å². The van der Waals surface area contributed by atoms with Crippen LogP contribution in [-0.4, -0.2) is 25.2 Å². The van der Waals surface area contributed by atoms with Gasteiger partial charge in [-0.2, -0.15) is 0 Å². The lowest BCUT2D eigenvalue weighted by atomic mass is 9.93. The molecule has 98 valence electrons. The molecule has 3 nitrogen and oxygen atoms in total. The average Bonchev–Trinajstić information content (AvgIpc) is 2.81. The van der Waals surface area contributed by atoms with Crippen molar-refractivity contribution >= 4 is 17.6 Å². The van der Waals surface area contributed by atoms with E-state index in [1.165, 1.54) is 5.56 Å². The van der Waals surface area contributed by atoms with Crippen LogP contribution in [0.1, 0.15) is 18.9 Å². The van der Waals surface area contributed by atoms with Crippen molar-refractivity contribution in [2.24, 2.45) is 5.92 Å². The Hall–Kier alpha value is -1.06. The quantitative estimate of drug-likeness (QED) is 0.852. The minimum absolute atomic E-state index is 0.131. The van der Waals surface area contributed by atoms with Gasteiger partial charge in [-0.1, -0.05) is 23.7 Å². The van der Waals surface area contributed by atoms with Gasteiger partial charge in [-0.25, -0.2) is 0 Å². The molecule has 0 aromatic heterocycles. The molecule has 0 bridgehead atoms. The fourth-order valence-electron chi connectivity index (χ4n) is 2.41. The summed E-state index contributed by atoms with van der Waals surface area (Å²) < 4.78 is 5.09. The van der Waals surface area contributed by atoms with Crippen LogP contribution in [0.2, 0.25) is 5.02 Å². The minimum Gasteiger partial charge on any atom is -0.465 e. The summed E-state index contributed by atoms with van der Waals surface area (Å²) in [5.74, 6) is 0.180. The van der Waals surface area contributed by atoms with Crippen molar-refractivity contribution in [2.45, 2.75) is 25.8 Å². The Bertz CT molecular complexity index is 405. The van der Waals surface area contributed by atoms with E-state index in [2.05, 4.69) is 5.32 Å². The molecule has 1 aromatic carbocycles. The molecule has 18 heavy (non-hydrogen) atoms. The largest absolute Gasteiger partial charge is 0.465 e. The maximum atomic E-state index is 11.8. The number of carbonyl (C=O) groups is 1. The fourth-order valence-corrected chi connectivity index (χ4v) is 2.53. The Morgan fingerprint density at radius 2 is 2.17 bits per heavy atom. The highest BCUT2D eigenvalue weighted by Gasteiger charge is 2.33. The van der Waals surface area contributed by atoms with Gasteiger partial charge in [0.2, 0.25) is 0 Å². The molecule has 0 saturated carbocycles. The third-order valence-electron chi connectivity index (χ3n) is 3.30. The Morgan fingerprint density at radius 3 is 2.83 bits per heavy atom. The zero-order valence-electron chi connectivity index (χ0n) is 10.5. The van der Waals surface area contributed by atoms with Crippen LogP contribution in [-0.2, 0) is 16.0 Å². The number of hydrogen-bond donors (Lipinski definition) is 1. The molecule has 1 aromatic rings. The SMILES string of the molecule is CCOC(=O)[C@@H]1NCC[C@@H]1Cc1ccc(Cl)cc1. The second kappa shape index (κ2) is 6.21. The third kappa shape index (κ3) is 3.24. The topological polar surface area (TPSA) is 38.3 Å². The second-order valence-electron chi connectivity index (χ2n) is 4.56.